The minimum Gasteiger partial charge on any atom is -0.381 e. The van der Waals surface area contributed by atoms with Crippen molar-refractivity contribution in [3.05, 3.63) is 69.0 Å². The van der Waals surface area contributed by atoms with Crippen LogP contribution in [0.3, 0.4) is 0 Å². The minimum absolute atomic E-state index is 0.0116. The Balaban J connectivity index is 1.71. The van der Waals surface area contributed by atoms with Gasteiger partial charge in [0.15, 0.2) is 0 Å². The van der Waals surface area contributed by atoms with Gasteiger partial charge in [-0.2, -0.15) is 0 Å². The Morgan fingerprint density at radius 2 is 1.85 bits per heavy atom. The van der Waals surface area contributed by atoms with E-state index in [0.717, 1.165) is 11.0 Å². The molecular formula is C17H9ClFN3O5. The van der Waals surface area contributed by atoms with Gasteiger partial charge in [-0.25, -0.2) is 9.29 Å². The lowest BCUT2D eigenvalue weighted by atomic mass is 9.94. The summed E-state index contributed by atoms with van der Waals surface area (Å²) in [7, 11) is 0. The molecule has 2 aromatic rings. The highest BCUT2D eigenvalue weighted by atomic mass is 35.5. The molecule has 0 radical (unpaired) electrons. The first kappa shape index (κ1) is 17.1. The molecular weight excluding hydrogens is 381 g/mol. The van der Waals surface area contributed by atoms with Crippen molar-refractivity contribution in [2.24, 2.45) is 11.1 Å². The number of amides is 2. The van der Waals surface area contributed by atoms with Crippen LogP contribution in [0.15, 0.2) is 47.6 Å². The molecule has 2 heterocycles. The van der Waals surface area contributed by atoms with Crippen molar-refractivity contribution >= 4 is 40.5 Å². The molecule has 1 fully saturated rings. The van der Waals surface area contributed by atoms with Crippen molar-refractivity contribution in [2.75, 3.05) is 4.90 Å². The fourth-order valence-corrected chi connectivity index (χ4v) is 3.26. The number of rotatable bonds is 3. The molecule has 2 amide bonds. The third kappa shape index (κ3) is 2.63. The van der Waals surface area contributed by atoms with E-state index in [1.165, 1.54) is 36.4 Å². The van der Waals surface area contributed by atoms with E-state index < -0.39 is 40.3 Å². The Morgan fingerprint density at radius 1 is 1.15 bits per heavy atom. The van der Waals surface area contributed by atoms with Crippen LogP contribution in [0, 0.1) is 21.8 Å². The molecule has 4 rings (SSSR count). The molecule has 0 aliphatic carbocycles. The van der Waals surface area contributed by atoms with Gasteiger partial charge in [0.25, 0.3) is 11.6 Å². The summed E-state index contributed by atoms with van der Waals surface area (Å²) in [4.78, 5) is 41.8. The first-order valence-corrected chi connectivity index (χ1v) is 8.07. The molecule has 0 bridgehead atoms. The summed E-state index contributed by atoms with van der Waals surface area (Å²) in [6.45, 7) is 0. The molecule has 136 valence electrons. The number of benzene rings is 2. The van der Waals surface area contributed by atoms with Crippen molar-refractivity contribution in [1.29, 1.82) is 0 Å². The number of hydrogen-bond donors (Lipinski definition) is 0. The van der Waals surface area contributed by atoms with Crippen LogP contribution in [0.1, 0.15) is 5.56 Å². The normalized spacial score (nSPS) is 21.1. The molecule has 2 aliphatic rings. The number of nitrogens with zero attached hydrogens (tertiary/aromatic N) is 3. The SMILES string of the molecule is O=C1[C@H]2C(c3ccc(F)cc3)=NO[C@@H]2C(=O)N1c1ccc(Cl)c([N+](=O)[O-])c1. The summed E-state index contributed by atoms with van der Waals surface area (Å²) >= 11 is 5.78. The monoisotopic (exact) mass is 389 g/mol. The second-order valence-corrected chi connectivity index (χ2v) is 6.30. The number of nitro groups is 1. The average molecular weight is 390 g/mol. The van der Waals surface area contributed by atoms with Gasteiger partial charge in [-0.15, -0.1) is 0 Å². The van der Waals surface area contributed by atoms with Gasteiger partial charge in [0, 0.05) is 11.6 Å². The van der Waals surface area contributed by atoms with Crippen LogP contribution in [0.25, 0.3) is 0 Å². The standard InChI is InChI=1S/C17H9ClFN3O5/c18-11-6-5-10(7-12(11)22(25)26)21-16(23)13-14(20-27-15(13)17(21)24)8-1-3-9(19)4-2-8/h1-7,13,15H/t13-,15-/m0/s1. The van der Waals surface area contributed by atoms with E-state index >= 15 is 0 Å². The molecule has 2 aliphatic heterocycles. The average Bonchev–Trinajstić information content (AvgIpc) is 3.17. The maximum absolute atomic E-state index is 13.1. The third-order valence-electron chi connectivity index (χ3n) is 4.34. The van der Waals surface area contributed by atoms with Crippen LogP contribution in [-0.2, 0) is 14.4 Å². The second kappa shape index (κ2) is 6.13. The zero-order chi connectivity index (χ0) is 19.3. The highest BCUT2D eigenvalue weighted by molar-refractivity contribution is 6.34. The lowest BCUT2D eigenvalue weighted by Crippen LogP contribution is -2.33. The van der Waals surface area contributed by atoms with Gasteiger partial charge in [0.1, 0.15) is 22.5 Å². The maximum atomic E-state index is 13.1. The number of anilines is 1. The van der Waals surface area contributed by atoms with Gasteiger partial charge >= 0.3 is 0 Å². The molecule has 0 unspecified atom stereocenters. The zero-order valence-electron chi connectivity index (χ0n) is 13.3. The molecule has 2 aromatic carbocycles. The maximum Gasteiger partial charge on any atom is 0.289 e. The summed E-state index contributed by atoms with van der Waals surface area (Å²) in [6, 6.07) is 8.87. The first-order valence-electron chi connectivity index (χ1n) is 7.70. The van der Waals surface area contributed by atoms with Gasteiger partial charge in [-0.3, -0.25) is 19.7 Å². The van der Waals surface area contributed by atoms with E-state index in [1.54, 1.807) is 0 Å². The molecule has 2 atom stereocenters. The Labute approximate surface area is 155 Å². The predicted molar refractivity (Wildman–Crippen MR) is 91.9 cm³/mol. The summed E-state index contributed by atoms with van der Waals surface area (Å²) in [6.07, 6.45) is -1.17. The number of halogens is 2. The van der Waals surface area contributed by atoms with Gasteiger partial charge in [0.05, 0.1) is 10.6 Å². The van der Waals surface area contributed by atoms with Crippen LogP contribution in [0.4, 0.5) is 15.8 Å². The molecule has 0 saturated carbocycles. The molecule has 8 nitrogen and oxygen atoms in total. The highest BCUT2D eigenvalue weighted by Crippen LogP contribution is 2.37. The molecule has 0 N–H and O–H groups in total. The smallest absolute Gasteiger partial charge is 0.289 e. The fraction of sp³-hybridized carbons (Fsp3) is 0.118. The van der Waals surface area contributed by atoms with Crippen LogP contribution in [-0.4, -0.2) is 28.6 Å². The van der Waals surface area contributed by atoms with Crippen molar-refractivity contribution in [1.82, 2.24) is 0 Å². The molecule has 1 saturated heterocycles. The predicted octanol–water partition coefficient (Wildman–Crippen LogP) is 2.68. The lowest BCUT2D eigenvalue weighted by Gasteiger charge is -2.15. The van der Waals surface area contributed by atoms with E-state index in [0.29, 0.717) is 5.56 Å². The number of hydrogen-bond acceptors (Lipinski definition) is 6. The Bertz CT molecular complexity index is 1020. The van der Waals surface area contributed by atoms with Crippen LogP contribution in [0.5, 0.6) is 0 Å². The lowest BCUT2D eigenvalue weighted by molar-refractivity contribution is -0.384. The molecule has 10 heteroatoms. The first-order chi connectivity index (χ1) is 12.9. The second-order valence-electron chi connectivity index (χ2n) is 5.89. The van der Waals surface area contributed by atoms with E-state index in [4.69, 9.17) is 16.4 Å². The number of fused-ring (bicyclic) bond motifs is 1. The van der Waals surface area contributed by atoms with Gasteiger partial charge in [-0.1, -0.05) is 28.9 Å². The van der Waals surface area contributed by atoms with Crippen LogP contribution < -0.4 is 4.90 Å². The van der Waals surface area contributed by atoms with Crippen molar-refractivity contribution < 1.29 is 23.7 Å². The van der Waals surface area contributed by atoms with Gasteiger partial charge in [0.2, 0.25) is 12.0 Å². The van der Waals surface area contributed by atoms with Crippen LogP contribution >= 0.6 is 11.6 Å². The minimum atomic E-state index is -1.17. The summed E-state index contributed by atoms with van der Waals surface area (Å²) in [5.74, 6) is -2.80. The number of carbonyl (C=O) groups excluding carboxylic acids is 2. The van der Waals surface area contributed by atoms with E-state index in [-0.39, 0.29) is 16.4 Å². The Morgan fingerprint density at radius 3 is 2.52 bits per heavy atom. The van der Waals surface area contributed by atoms with Crippen molar-refractivity contribution in [3.63, 3.8) is 0 Å². The number of nitro benzene ring substituents is 1. The molecule has 27 heavy (non-hydrogen) atoms. The van der Waals surface area contributed by atoms with Gasteiger partial charge < -0.3 is 4.84 Å². The summed E-state index contributed by atoms with van der Waals surface area (Å²) in [5, 5.41) is 14.8. The third-order valence-corrected chi connectivity index (χ3v) is 4.66. The van der Waals surface area contributed by atoms with Gasteiger partial charge in [-0.05, 0) is 24.3 Å². The fourth-order valence-electron chi connectivity index (χ4n) is 3.07. The number of oxime groups is 1. The Hall–Kier alpha value is -3.33. The highest BCUT2D eigenvalue weighted by Gasteiger charge is 2.56. The largest absolute Gasteiger partial charge is 0.381 e. The van der Waals surface area contributed by atoms with Crippen LogP contribution in [0.2, 0.25) is 5.02 Å². The van der Waals surface area contributed by atoms with E-state index in [9.17, 15) is 24.1 Å². The zero-order valence-corrected chi connectivity index (χ0v) is 14.1. The Kier molecular flexibility index (Phi) is 3.88. The molecule has 0 spiro atoms. The quantitative estimate of drug-likeness (QED) is 0.456. The van der Waals surface area contributed by atoms with E-state index in [2.05, 4.69) is 5.16 Å². The number of imide groups is 1. The van der Waals surface area contributed by atoms with E-state index in [1.807, 2.05) is 0 Å². The van der Waals surface area contributed by atoms with Crippen molar-refractivity contribution in [3.8, 4) is 0 Å². The van der Waals surface area contributed by atoms with Crippen molar-refractivity contribution in [2.45, 2.75) is 6.10 Å². The summed E-state index contributed by atoms with van der Waals surface area (Å²) < 4.78 is 13.1. The molecule has 0 aromatic heterocycles. The topological polar surface area (TPSA) is 102 Å². The summed E-state index contributed by atoms with van der Waals surface area (Å²) in [5.41, 5.74) is 0.219. The number of carbonyl (C=O) groups is 2.